The first kappa shape index (κ1) is 78.6. The van der Waals surface area contributed by atoms with Gasteiger partial charge in [0.25, 0.3) is 0 Å². The molecule has 0 heterocycles. The third-order valence-electron chi connectivity index (χ3n) is 12.2. The lowest BCUT2D eigenvalue weighted by molar-refractivity contribution is -0.870. The second-order valence-electron chi connectivity index (χ2n) is 21.2. The van der Waals surface area contributed by atoms with Gasteiger partial charge in [-0.2, -0.15) is 0 Å². The Hall–Kier alpha value is -6.39. The number of carbonyl (C=O) groups excluding carboxylic acids is 3. The van der Waals surface area contributed by atoms with E-state index in [1.165, 1.54) is 0 Å². The SMILES string of the molecule is CC/C=C\C/C=C\C/C=C\C/C=C\C/C=C\C/C=C\C/C=C\C/C=C\C/C=C\CCCCCC(=O)OC(COC(=O)CCC/C=C\C/C=C\C/C=C\C/C=C\C/C=C\C/C=C\C/C=C\C/C=C\C/C=C\CC)COC(OCC[N+](C)(C)C)C(=O)[O-]. The molecule has 0 bridgehead atoms. The number of rotatable bonds is 55. The van der Waals surface area contributed by atoms with Crippen LogP contribution in [0.15, 0.2) is 219 Å². The van der Waals surface area contributed by atoms with E-state index in [0.717, 1.165) is 135 Å². The molecule has 9 heteroatoms. The molecule has 0 radical (unpaired) electrons. The standard InChI is InChI=1S/C76H113NO8/c1-6-8-10-12-14-16-18-20-22-24-26-28-30-32-34-36-37-39-41-43-45-47-49-51-53-55-57-59-61-63-65-67-74(79)85-72(71-84-76(75(80)81)82-69-68-77(3,4)5)70-83-73(78)66-64-62-60-58-56-54-52-50-48-46-44-42-40-38-35-33-31-29-27-25-23-21-19-17-15-13-11-9-7-2/h8-11,14-17,20-23,26-29,32-35,37,39-40,42-43,45-46,48-49,51-52,54-55,57-58,60,72,76H,6-7,12-13,18-19,24-25,30-31,36,38,41,44,47,50,53,56,59,61-71H2,1-5H3/b10-8-,11-9-,16-14-,17-15-,22-20-,23-21-,28-26-,29-27-,34-32-,35-33-,39-37-,42-40-,45-43-,48-46-,51-49-,54-52-,57-55-,60-58-. The van der Waals surface area contributed by atoms with Gasteiger partial charge in [0.1, 0.15) is 13.2 Å². The maximum absolute atomic E-state index is 12.9. The molecule has 470 valence electrons. The summed E-state index contributed by atoms with van der Waals surface area (Å²) >= 11 is 0. The van der Waals surface area contributed by atoms with E-state index in [2.05, 4.69) is 233 Å². The molecule has 2 unspecified atom stereocenters. The summed E-state index contributed by atoms with van der Waals surface area (Å²) in [7, 11) is 5.87. The Bertz CT molecular complexity index is 2190. The van der Waals surface area contributed by atoms with E-state index >= 15 is 0 Å². The molecular formula is C76H113NO8. The lowest BCUT2D eigenvalue weighted by Gasteiger charge is -2.26. The van der Waals surface area contributed by atoms with Crippen molar-refractivity contribution in [3.05, 3.63) is 219 Å². The first-order valence-corrected chi connectivity index (χ1v) is 31.9. The fourth-order valence-corrected chi connectivity index (χ4v) is 7.41. The van der Waals surface area contributed by atoms with Gasteiger partial charge in [0.05, 0.1) is 40.3 Å². The molecule has 0 amide bonds. The number of hydrogen-bond acceptors (Lipinski definition) is 8. The van der Waals surface area contributed by atoms with Crippen molar-refractivity contribution in [1.29, 1.82) is 0 Å². The van der Waals surface area contributed by atoms with E-state index in [-0.39, 0.29) is 32.7 Å². The highest BCUT2D eigenvalue weighted by molar-refractivity contribution is 5.70. The van der Waals surface area contributed by atoms with Gasteiger partial charge in [0, 0.05) is 12.8 Å². The number of allylic oxidation sites excluding steroid dienone is 36. The number of aliphatic carboxylic acids is 1. The number of quaternary nitrogens is 1. The molecule has 0 aromatic carbocycles. The summed E-state index contributed by atoms with van der Waals surface area (Å²) in [6.07, 6.45) is 98.6. The van der Waals surface area contributed by atoms with Crippen LogP contribution in [-0.4, -0.2) is 82.3 Å². The summed E-state index contributed by atoms with van der Waals surface area (Å²) in [5.74, 6) is -2.44. The number of likely N-dealkylation sites (N-methyl/N-ethyl adjacent to an activating group) is 1. The quantitative estimate of drug-likeness (QED) is 0.0195. The Morgan fingerprint density at radius 1 is 0.353 bits per heavy atom. The molecule has 0 aromatic rings. The van der Waals surface area contributed by atoms with Crippen LogP contribution in [0.5, 0.6) is 0 Å². The molecule has 0 aliphatic carbocycles. The van der Waals surface area contributed by atoms with Crippen LogP contribution in [0.3, 0.4) is 0 Å². The summed E-state index contributed by atoms with van der Waals surface area (Å²) in [6, 6.07) is 0. The van der Waals surface area contributed by atoms with E-state index in [1.807, 2.05) is 21.1 Å². The van der Waals surface area contributed by atoms with Crippen molar-refractivity contribution in [2.45, 2.75) is 193 Å². The van der Waals surface area contributed by atoms with Crippen molar-refractivity contribution >= 4 is 17.9 Å². The van der Waals surface area contributed by atoms with Gasteiger partial charge in [-0.15, -0.1) is 0 Å². The smallest absolute Gasteiger partial charge is 0.306 e. The van der Waals surface area contributed by atoms with Gasteiger partial charge in [-0.1, -0.05) is 239 Å². The largest absolute Gasteiger partial charge is 0.545 e. The number of esters is 2. The van der Waals surface area contributed by atoms with Crippen LogP contribution in [0.2, 0.25) is 0 Å². The Balaban J connectivity index is 4.45. The van der Waals surface area contributed by atoms with Crippen LogP contribution in [0.1, 0.15) is 181 Å². The van der Waals surface area contributed by atoms with Crippen molar-refractivity contribution in [3.63, 3.8) is 0 Å². The monoisotopic (exact) mass is 1170 g/mol. The predicted molar refractivity (Wildman–Crippen MR) is 360 cm³/mol. The summed E-state index contributed by atoms with van der Waals surface area (Å²) in [5, 5.41) is 11.8. The van der Waals surface area contributed by atoms with Crippen molar-refractivity contribution in [2.24, 2.45) is 0 Å². The van der Waals surface area contributed by atoms with E-state index in [9.17, 15) is 19.5 Å². The molecule has 85 heavy (non-hydrogen) atoms. The third-order valence-corrected chi connectivity index (χ3v) is 12.2. The number of unbranched alkanes of at least 4 members (excludes halogenated alkanes) is 4. The number of ether oxygens (including phenoxy) is 4. The average molecular weight is 1170 g/mol. The molecule has 0 aliphatic rings. The van der Waals surface area contributed by atoms with Gasteiger partial charge in [0.2, 0.25) is 0 Å². The van der Waals surface area contributed by atoms with Gasteiger partial charge in [-0.3, -0.25) is 9.59 Å². The third kappa shape index (κ3) is 65.0. The highest BCUT2D eigenvalue weighted by Gasteiger charge is 2.22. The minimum absolute atomic E-state index is 0.117. The maximum Gasteiger partial charge on any atom is 0.306 e. The second-order valence-corrected chi connectivity index (χ2v) is 21.2. The molecule has 0 saturated carbocycles. The summed E-state index contributed by atoms with van der Waals surface area (Å²) in [6.45, 7) is 4.36. The van der Waals surface area contributed by atoms with Crippen molar-refractivity contribution in [2.75, 3.05) is 47.5 Å². The first-order valence-electron chi connectivity index (χ1n) is 31.9. The number of carboxylic acids is 1. The Labute approximate surface area is 517 Å². The lowest BCUT2D eigenvalue weighted by Crippen LogP contribution is -2.44. The van der Waals surface area contributed by atoms with Gasteiger partial charge >= 0.3 is 11.9 Å². The number of hydrogen-bond donors (Lipinski definition) is 0. The van der Waals surface area contributed by atoms with E-state index < -0.39 is 30.3 Å². The van der Waals surface area contributed by atoms with E-state index in [0.29, 0.717) is 30.3 Å². The molecular weight excluding hydrogens is 1050 g/mol. The van der Waals surface area contributed by atoms with Gasteiger partial charge in [-0.05, 0) is 148 Å². The molecule has 0 rings (SSSR count). The molecule has 0 fully saturated rings. The topological polar surface area (TPSA) is 111 Å². The van der Waals surface area contributed by atoms with Crippen molar-refractivity contribution in [1.82, 2.24) is 0 Å². The van der Waals surface area contributed by atoms with Crippen LogP contribution < -0.4 is 5.11 Å². The van der Waals surface area contributed by atoms with E-state index in [1.54, 1.807) is 0 Å². The molecule has 9 nitrogen and oxygen atoms in total. The Morgan fingerprint density at radius 2 is 0.647 bits per heavy atom. The zero-order valence-corrected chi connectivity index (χ0v) is 53.4. The van der Waals surface area contributed by atoms with Crippen molar-refractivity contribution < 1.29 is 42.9 Å². The summed E-state index contributed by atoms with van der Waals surface area (Å²) < 4.78 is 22.6. The molecule has 0 spiro atoms. The molecule has 0 saturated heterocycles. The van der Waals surface area contributed by atoms with E-state index in [4.69, 9.17) is 18.9 Å². The zero-order chi connectivity index (χ0) is 61.9. The van der Waals surface area contributed by atoms with Crippen LogP contribution in [-0.2, 0) is 33.3 Å². The minimum Gasteiger partial charge on any atom is -0.545 e. The normalized spacial score (nSPS) is 14.2. The van der Waals surface area contributed by atoms with Crippen LogP contribution >= 0.6 is 0 Å². The predicted octanol–water partition coefficient (Wildman–Crippen LogP) is 18.5. The fraction of sp³-hybridized carbons (Fsp3) is 0.487. The highest BCUT2D eigenvalue weighted by Crippen LogP contribution is 2.10. The zero-order valence-electron chi connectivity index (χ0n) is 53.4. The van der Waals surface area contributed by atoms with Gasteiger partial charge in [0.15, 0.2) is 12.4 Å². The minimum atomic E-state index is -1.66. The Morgan fingerprint density at radius 3 is 0.953 bits per heavy atom. The number of carbonyl (C=O) groups is 3. The highest BCUT2D eigenvalue weighted by atomic mass is 16.7. The summed E-state index contributed by atoms with van der Waals surface area (Å²) in [4.78, 5) is 37.4. The first-order chi connectivity index (χ1) is 41.6. The second kappa shape index (κ2) is 63.6. The fourth-order valence-electron chi connectivity index (χ4n) is 7.41. The molecule has 2 atom stereocenters. The maximum atomic E-state index is 12.9. The lowest BCUT2D eigenvalue weighted by atomic mass is 10.1. The molecule has 0 aliphatic heterocycles. The molecule has 0 N–H and O–H groups in total. The van der Waals surface area contributed by atoms with Crippen molar-refractivity contribution in [3.8, 4) is 0 Å². The van der Waals surface area contributed by atoms with Crippen LogP contribution in [0, 0.1) is 0 Å². The number of carboxylic acid groups (broad SMARTS) is 1. The van der Waals surface area contributed by atoms with Crippen LogP contribution in [0.4, 0.5) is 0 Å². The summed E-state index contributed by atoms with van der Waals surface area (Å²) in [5.41, 5.74) is 0. The van der Waals surface area contributed by atoms with Gasteiger partial charge in [-0.25, -0.2) is 0 Å². The van der Waals surface area contributed by atoms with Crippen LogP contribution in [0.25, 0.3) is 0 Å². The number of nitrogens with zero attached hydrogens (tertiary/aromatic N) is 1. The molecule has 0 aromatic heterocycles. The van der Waals surface area contributed by atoms with Gasteiger partial charge < -0.3 is 33.3 Å². The Kier molecular flexibility index (Phi) is 58.8. The average Bonchev–Trinajstić information content (AvgIpc) is 3.49.